The Morgan fingerprint density at radius 2 is 1.05 bits per heavy atom. The van der Waals surface area contributed by atoms with Gasteiger partial charge in [0, 0.05) is 12.8 Å². The fourth-order valence-corrected chi connectivity index (χ4v) is 7.28. The number of rotatable bonds is 43. The average Bonchev–Trinajstić information content (AvgIpc) is 3.20. The molecule has 5 N–H and O–H groups in total. The van der Waals surface area contributed by atoms with Gasteiger partial charge in [-0.05, 0) is 38.5 Å². The van der Waals surface area contributed by atoms with Crippen molar-refractivity contribution in [3.63, 3.8) is 0 Å². The number of aliphatic hydroxyl groups excluding tert-OH is 2. The topological polar surface area (TPSA) is 216 Å². The SMILES string of the molecule is CCCCCCCC/C=C/C/C=C/C=C/C(O)CCCC(=O)OC[C@H](COP(=O)(O)OC[C@@H](O)COP(=O)(O)O)OC(=O)CCCCCCCCCCCCCCCCC. The second-order valence-corrected chi connectivity index (χ2v) is 18.2. The van der Waals surface area contributed by atoms with Crippen LogP contribution in [0.5, 0.6) is 0 Å². The van der Waals surface area contributed by atoms with E-state index in [-0.39, 0.29) is 12.8 Å². The van der Waals surface area contributed by atoms with Crippen LogP contribution in [0.15, 0.2) is 36.5 Å². The molecule has 60 heavy (non-hydrogen) atoms. The van der Waals surface area contributed by atoms with E-state index in [1.54, 1.807) is 12.2 Å². The molecule has 2 unspecified atom stereocenters. The minimum atomic E-state index is -4.88. The Morgan fingerprint density at radius 3 is 1.62 bits per heavy atom. The molecule has 0 aliphatic carbocycles. The van der Waals surface area contributed by atoms with Gasteiger partial charge in [-0.15, -0.1) is 0 Å². The van der Waals surface area contributed by atoms with E-state index in [9.17, 15) is 33.8 Å². The minimum Gasteiger partial charge on any atom is -0.462 e. The summed E-state index contributed by atoms with van der Waals surface area (Å²) in [6.07, 6.45) is 35.9. The van der Waals surface area contributed by atoms with E-state index in [2.05, 4.69) is 35.0 Å². The molecule has 0 aromatic rings. The Kier molecular flexibility index (Phi) is 39.0. The summed E-state index contributed by atoms with van der Waals surface area (Å²) in [4.78, 5) is 52.7. The van der Waals surface area contributed by atoms with Crippen molar-refractivity contribution < 1.29 is 66.7 Å². The number of carbonyl (C=O) groups excluding carboxylic acids is 2. The molecule has 0 aromatic carbocycles. The third-order valence-electron chi connectivity index (χ3n) is 9.63. The van der Waals surface area contributed by atoms with Crippen molar-refractivity contribution in [2.75, 3.05) is 26.4 Å². The Labute approximate surface area is 361 Å². The van der Waals surface area contributed by atoms with E-state index in [1.807, 2.05) is 12.2 Å². The highest BCUT2D eigenvalue weighted by Crippen LogP contribution is 2.43. The fourth-order valence-electron chi connectivity index (χ4n) is 6.12. The van der Waals surface area contributed by atoms with E-state index >= 15 is 0 Å². The van der Waals surface area contributed by atoms with Crippen molar-refractivity contribution in [2.24, 2.45) is 0 Å². The first-order valence-corrected chi connectivity index (χ1v) is 25.8. The zero-order valence-corrected chi connectivity index (χ0v) is 38.7. The molecule has 16 heteroatoms. The first-order chi connectivity index (χ1) is 28.8. The zero-order valence-electron chi connectivity index (χ0n) is 36.9. The van der Waals surface area contributed by atoms with Crippen molar-refractivity contribution in [3.8, 4) is 0 Å². The highest BCUT2D eigenvalue weighted by molar-refractivity contribution is 7.47. The van der Waals surface area contributed by atoms with Gasteiger partial charge in [-0.1, -0.05) is 172 Å². The van der Waals surface area contributed by atoms with E-state index in [0.29, 0.717) is 19.3 Å². The van der Waals surface area contributed by atoms with Gasteiger partial charge in [0.2, 0.25) is 0 Å². The van der Waals surface area contributed by atoms with Gasteiger partial charge in [-0.25, -0.2) is 9.13 Å². The summed E-state index contributed by atoms with van der Waals surface area (Å²) < 4.78 is 47.7. The molecule has 0 amide bonds. The van der Waals surface area contributed by atoms with Gasteiger partial charge in [-0.3, -0.25) is 23.2 Å². The lowest BCUT2D eigenvalue weighted by molar-refractivity contribution is -0.161. The van der Waals surface area contributed by atoms with Crippen molar-refractivity contribution >= 4 is 27.6 Å². The molecule has 352 valence electrons. The van der Waals surface area contributed by atoms with Crippen LogP contribution in [0, 0.1) is 0 Å². The van der Waals surface area contributed by atoms with Gasteiger partial charge >= 0.3 is 27.6 Å². The second kappa shape index (κ2) is 40.1. The van der Waals surface area contributed by atoms with Crippen molar-refractivity contribution in [1.29, 1.82) is 0 Å². The van der Waals surface area contributed by atoms with E-state index < -0.39 is 72.3 Å². The maximum absolute atomic E-state index is 12.7. The van der Waals surface area contributed by atoms with Gasteiger partial charge in [0.15, 0.2) is 6.10 Å². The molecule has 0 radical (unpaired) electrons. The van der Waals surface area contributed by atoms with Crippen LogP contribution in [0.2, 0.25) is 0 Å². The molecule has 14 nitrogen and oxygen atoms in total. The van der Waals surface area contributed by atoms with Crippen LogP contribution in [-0.4, -0.2) is 81.6 Å². The summed E-state index contributed by atoms with van der Waals surface area (Å²) in [7, 11) is -9.73. The molecule has 0 saturated heterocycles. The number of unbranched alkanes of at least 4 members (excludes halogenated alkanes) is 20. The van der Waals surface area contributed by atoms with Gasteiger partial charge < -0.3 is 34.4 Å². The summed E-state index contributed by atoms with van der Waals surface area (Å²) >= 11 is 0. The molecule has 0 aromatic heterocycles. The maximum Gasteiger partial charge on any atom is 0.472 e. The molecule has 4 atom stereocenters. The molecule has 0 rings (SSSR count). The Hall–Kier alpha value is -1.70. The van der Waals surface area contributed by atoms with Gasteiger partial charge in [0.25, 0.3) is 0 Å². The smallest absolute Gasteiger partial charge is 0.462 e. The molecule has 0 aliphatic heterocycles. The normalized spacial score (nSPS) is 14.8. The van der Waals surface area contributed by atoms with Crippen molar-refractivity contribution in [2.45, 2.75) is 206 Å². The summed E-state index contributed by atoms with van der Waals surface area (Å²) in [5.41, 5.74) is 0. The summed E-state index contributed by atoms with van der Waals surface area (Å²) in [6, 6.07) is 0. The van der Waals surface area contributed by atoms with Gasteiger partial charge in [-0.2, -0.15) is 0 Å². The maximum atomic E-state index is 12.7. The van der Waals surface area contributed by atoms with Crippen LogP contribution < -0.4 is 0 Å². The Bertz CT molecular complexity index is 1220. The zero-order chi connectivity index (χ0) is 44.6. The number of ether oxygens (including phenoxy) is 2. The quantitative estimate of drug-likeness (QED) is 0.0127. The Balaban J connectivity index is 4.65. The van der Waals surface area contributed by atoms with E-state index in [4.69, 9.17) is 23.8 Å². The molecule has 0 heterocycles. The molecule has 0 bridgehead atoms. The number of esters is 2. The average molecular weight is 897 g/mol. The monoisotopic (exact) mass is 897 g/mol. The van der Waals surface area contributed by atoms with Crippen LogP contribution in [0.3, 0.4) is 0 Å². The second-order valence-electron chi connectivity index (χ2n) is 15.5. The summed E-state index contributed by atoms with van der Waals surface area (Å²) in [5, 5.41) is 20.0. The first-order valence-electron chi connectivity index (χ1n) is 22.8. The van der Waals surface area contributed by atoms with E-state index in [0.717, 1.165) is 38.5 Å². The number of phosphoric ester groups is 2. The van der Waals surface area contributed by atoms with Crippen LogP contribution >= 0.6 is 15.6 Å². The Morgan fingerprint density at radius 1 is 0.550 bits per heavy atom. The van der Waals surface area contributed by atoms with Crippen LogP contribution in [-0.2, 0) is 41.8 Å². The first kappa shape index (κ1) is 58.3. The van der Waals surface area contributed by atoms with Crippen LogP contribution in [0.4, 0.5) is 0 Å². The summed E-state index contributed by atoms with van der Waals surface area (Å²) in [6.45, 7) is 1.56. The molecule has 0 fully saturated rings. The minimum absolute atomic E-state index is 0.0268. The van der Waals surface area contributed by atoms with Crippen molar-refractivity contribution in [1.82, 2.24) is 0 Å². The lowest BCUT2D eigenvalue weighted by atomic mass is 10.0. The van der Waals surface area contributed by atoms with Gasteiger partial charge in [0.05, 0.1) is 25.9 Å². The third-order valence-corrected chi connectivity index (χ3v) is 11.1. The number of aliphatic hydroxyl groups is 2. The summed E-state index contributed by atoms with van der Waals surface area (Å²) in [5.74, 6) is -1.22. The predicted molar refractivity (Wildman–Crippen MR) is 236 cm³/mol. The number of hydrogen-bond donors (Lipinski definition) is 5. The van der Waals surface area contributed by atoms with Crippen LogP contribution in [0.1, 0.15) is 187 Å². The van der Waals surface area contributed by atoms with E-state index in [1.165, 1.54) is 103 Å². The highest BCUT2D eigenvalue weighted by Gasteiger charge is 2.28. The number of phosphoric acid groups is 2. The molecule has 0 saturated carbocycles. The lowest BCUT2D eigenvalue weighted by Crippen LogP contribution is -2.30. The molecule has 0 spiro atoms. The third kappa shape index (κ3) is 43.0. The predicted octanol–water partition coefficient (Wildman–Crippen LogP) is 10.6. The van der Waals surface area contributed by atoms with Crippen LogP contribution in [0.25, 0.3) is 0 Å². The van der Waals surface area contributed by atoms with Crippen molar-refractivity contribution in [3.05, 3.63) is 36.5 Å². The fraction of sp³-hybridized carbons (Fsp3) is 0.818. The lowest BCUT2D eigenvalue weighted by Gasteiger charge is -2.20. The molecular formula is C44H82O14P2. The number of hydrogen-bond acceptors (Lipinski definition) is 11. The molecule has 0 aliphatic rings. The standard InChI is InChI=1S/C44H82O14P2/c1-3-5-7-9-11-13-15-17-18-20-22-24-26-28-30-34-44(48)58-42(39-57-60(52,53)56-37-41(46)36-55-59(49,50)51)38-54-43(47)35-31-33-40(45)32-29-27-25-23-21-19-16-14-12-10-8-6-4-2/h19,21,25,27,29,32,40-42,45-46H,3-18,20,22-24,26,28,30-31,33-39H2,1-2H3,(H,52,53)(H2,49,50,51)/b21-19+,27-25+,32-29+/t40?,41-,42+/m0/s1. The molecular weight excluding hydrogens is 814 g/mol. The highest BCUT2D eigenvalue weighted by atomic mass is 31.2. The largest absolute Gasteiger partial charge is 0.472 e. The number of carbonyl (C=O) groups is 2. The van der Waals surface area contributed by atoms with Gasteiger partial charge in [0.1, 0.15) is 12.7 Å². The number of allylic oxidation sites excluding steroid dienone is 5.